The Hall–Kier alpha value is -2.52. The molecule has 0 radical (unpaired) electrons. The summed E-state index contributed by atoms with van der Waals surface area (Å²) in [4.78, 5) is 8.63. The van der Waals surface area contributed by atoms with Gasteiger partial charge in [0.25, 0.3) is 0 Å². The predicted molar refractivity (Wildman–Crippen MR) is 119 cm³/mol. The van der Waals surface area contributed by atoms with Crippen LogP contribution < -0.4 is 10.1 Å². The Morgan fingerprint density at radius 1 is 1.19 bits per heavy atom. The fourth-order valence-electron chi connectivity index (χ4n) is 4.91. The lowest BCUT2D eigenvalue weighted by Crippen LogP contribution is -2.35. The quantitative estimate of drug-likeness (QED) is 0.491. The van der Waals surface area contributed by atoms with Gasteiger partial charge in [0.05, 0.1) is 17.3 Å². The summed E-state index contributed by atoms with van der Waals surface area (Å²) < 4.78 is 8.26. The van der Waals surface area contributed by atoms with Gasteiger partial charge in [-0.05, 0) is 57.0 Å². The van der Waals surface area contributed by atoms with Crippen LogP contribution in [-0.2, 0) is 18.6 Å². The molecular formula is C24H30N4O4. The molecule has 5 rings (SSSR count). The minimum absolute atomic E-state index is 0.367. The highest BCUT2D eigenvalue weighted by Crippen LogP contribution is 2.38. The lowest BCUT2D eigenvalue weighted by atomic mass is 9.90. The van der Waals surface area contributed by atoms with Crippen molar-refractivity contribution in [2.45, 2.75) is 70.1 Å². The SMILES string of the molecule is Cc1ncnc2c1ccn2[C@@H]1CC(Oc2cc(C(C)(C)O)cc3c2CNCC3)[C@@H](O)[C@H]1O. The zero-order valence-electron chi connectivity index (χ0n) is 18.6. The molecule has 4 N–H and O–H groups in total. The van der Waals surface area contributed by atoms with Crippen molar-refractivity contribution in [1.82, 2.24) is 19.9 Å². The van der Waals surface area contributed by atoms with Gasteiger partial charge in [0.2, 0.25) is 0 Å². The first-order valence-electron chi connectivity index (χ1n) is 11.1. The summed E-state index contributed by atoms with van der Waals surface area (Å²) in [5, 5.41) is 36.6. The molecule has 3 heterocycles. The van der Waals surface area contributed by atoms with Gasteiger partial charge >= 0.3 is 0 Å². The molecular weight excluding hydrogens is 408 g/mol. The number of hydrogen-bond donors (Lipinski definition) is 4. The van der Waals surface area contributed by atoms with Crippen LogP contribution in [0.15, 0.2) is 30.7 Å². The first kappa shape index (κ1) is 21.3. The van der Waals surface area contributed by atoms with Gasteiger partial charge in [-0.1, -0.05) is 6.07 Å². The van der Waals surface area contributed by atoms with Gasteiger partial charge in [-0.25, -0.2) is 9.97 Å². The van der Waals surface area contributed by atoms with Crippen LogP contribution in [0.4, 0.5) is 0 Å². The second-order valence-corrected chi connectivity index (χ2v) is 9.46. The third kappa shape index (κ3) is 3.57. The molecule has 1 fully saturated rings. The van der Waals surface area contributed by atoms with Crippen molar-refractivity contribution in [3.8, 4) is 5.75 Å². The maximum Gasteiger partial charge on any atom is 0.143 e. The number of fused-ring (bicyclic) bond motifs is 2. The Balaban J connectivity index is 1.47. The van der Waals surface area contributed by atoms with Crippen LogP contribution in [0, 0.1) is 6.92 Å². The molecule has 1 saturated carbocycles. The third-order valence-electron chi connectivity index (χ3n) is 6.82. The number of ether oxygens (including phenoxy) is 1. The Morgan fingerprint density at radius 2 is 2.00 bits per heavy atom. The number of aryl methyl sites for hydroxylation is 1. The molecule has 1 unspecified atom stereocenters. The molecule has 1 aliphatic heterocycles. The highest BCUT2D eigenvalue weighted by Gasteiger charge is 2.44. The van der Waals surface area contributed by atoms with E-state index in [1.807, 2.05) is 35.9 Å². The van der Waals surface area contributed by atoms with Crippen LogP contribution in [0.3, 0.4) is 0 Å². The molecule has 0 spiro atoms. The van der Waals surface area contributed by atoms with E-state index in [0.29, 0.717) is 18.7 Å². The molecule has 0 saturated heterocycles. The molecule has 4 atom stereocenters. The van der Waals surface area contributed by atoms with E-state index in [4.69, 9.17) is 4.74 Å². The normalized spacial score (nSPS) is 25.8. The van der Waals surface area contributed by atoms with Crippen molar-refractivity contribution in [2.24, 2.45) is 0 Å². The maximum atomic E-state index is 10.9. The van der Waals surface area contributed by atoms with E-state index >= 15 is 0 Å². The second-order valence-electron chi connectivity index (χ2n) is 9.46. The maximum absolute atomic E-state index is 10.9. The van der Waals surface area contributed by atoms with Crippen LogP contribution in [0.1, 0.15) is 48.7 Å². The smallest absolute Gasteiger partial charge is 0.143 e. The van der Waals surface area contributed by atoms with Gasteiger partial charge in [-0.3, -0.25) is 0 Å². The van der Waals surface area contributed by atoms with Crippen molar-refractivity contribution in [3.05, 3.63) is 53.1 Å². The Kier molecular flexibility index (Phi) is 5.21. The number of benzene rings is 1. The van der Waals surface area contributed by atoms with E-state index in [-0.39, 0.29) is 6.04 Å². The first-order valence-corrected chi connectivity index (χ1v) is 11.1. The summed E-state index contributed by atoms with van der Waals surface area (Å²) in [5.41, 5.74) is 3.57. The molecule has 2 aliphatic rings. The van der Waals surface area contributed by atoms with Crippen molar-refractivity contribution < 1.29 is 20.1 Å². The minimum atomic E-state index is -1.04. The van der Waals surface area contributed by atoms with Crippen LogP contribution in [0.25, 0.3) is 11.0 Å². The van der Waals surface area contributed by atoms with Crippen molar-refractivity contribution in [1.29, 1.82) is 0 Å². The van der Waals surface area contributed by atoms with E-state index in [2.05, 4.69) is 15.3 Å². The van der Waals surface area contributed by atoms with Gasteiger partial charge in [-0.15, -0.1) is 0 Å². The van der Waals surface area contributed by atoms with Crippen molar-refractivity contribution in [2.75, 3.05) is 6.54 Å². The second kappa shape index (κ2) is 7.81. The average Bonchev–Trinajstić information content (AvgIpc) is 3.30. The molecule has 1 aliphatic carbocycles. The number of nitrogens with one attached hydrogen (secondary N) is 1. The summed E-state index contributed by atoms with van der Waals surface area (Å²) in [5.74, 6) is 0.652. The highest BCUT2D eigenvalue weighted by molar-refractivity contribution is 5.78. The van der Waals surface area contributed by atoms with Gasteiger partial charge in [-0.2, -0.15) is 0 Å². The summed E-state index contributed by atoms with van der Waals surface area (Å²) in [7, 11) is 0. The Morgan fingerprint density at radius 3 is 2.78 bits per heavy atom. The van der Waals surface area contributed by atoms with E-state index < -0.39 is 23.9 Å². The number of aliphatic hydroxyl groups is 3. The molecule has 170 valence electrons. The number of aliphatic hydroxyl groups excluding tert-OH is 2. The third-order valence-corrected chi connectivity index (χ3v) is 6.82. The van der Waals surface area contributed by atoms with Gasteiger partial charge < -0.3 is 29.9 Å². The molecule has 2 aromatic heterocycles. The fourth-order valence-corrected chi connectivity index (χ4v) is 4.91. The molecule has 8 heteroatoms. The minimum Gasteiger partial charge on any atom is -0.487 e. The van der Waals surface area contributed by atoms with Gasteiger partial charge in [0.1, 0.15) is 36.0 Å². The molecule has 0 bridgehead atoms. The van der Waals surface area contributed by atoms with Gasteiger partial charge in [0, 0.05) is 30.1 Å². The van der Waals surface area contributed by atoms with Crippen molar-refractivity contribution >= 4 is 11.0 Å². The molecule has 1 aromatic carbocycles. The van der Waals surface area contributed by atoms with Crippen LogP contribution in [0.5, 0.6) is 5.75 Å². The van der Waals surface area contributed by atoms with Crippen LogP contribution in [-0.4, -0.2) is 54.7 Å². The Labute approximate surface area is 186 Å². The largest absolute Gasteiger partial charge is 0.487 e. The zero-order valence-corrected chi connectivity index (χ0v) is 18.6. The summed E-state index contributed by atoms with van der Waals surface area (Å²) in [6, 6.07) is 5.47. The topological polar surface area (TPSA) is 113 Å². The summed E-state index contributed by atoms with van der Waals surface area (Å²) in [6.07, 6.45) is 2.07. The standard InChI is InChI=1S/C24H30N4O4/c1-13-16-5-7-28(23(16)27-12-26-13)18-10-20(22(30)21(18)29)32-19-9-15(24(2,3)31)8-14-4-6-25-11-17(14)19/h5,7-9,12,18,20-22,25,29-31H,4,6,10-11H2,1-3H3/t18-,20?,21+,22-/m1/s1. The summed E-state index contributed by atoms with van der Waals surface area (Å²) in [6.45, 7) is 6.98. The monoisotopic (exact) mass is 438 g/mol. The van der Waals surface area contributed by atoms with Gasteiger partial charge in [0.15, 0.2) is 0 Å². The first-order chi connectivity index (χ1) is 15.2. The predicted octanol–water partition coefficient (Wildman–Crippen LogP) is 1.73. The highest BCUT2D eigenvalue weighted by atomic mass is 16.5. The van der Waals surface area contributed by atoms with E-state index in [0.717, 1.165) is 46.4 Å². The van der Waals surface area contributed by atoms with E-state index in [1.54, 1.807) is 13.8 Å². The number of aromatic nitrogens is 3. The Bertz CT molecular complexity index is 1150. The molecule has 3 aromatic rings. The molecule has 32 heavy (non-hydrogen) atoms. The van der Waals surface area contributed by atoms with E-state index in [9.17, 15) is 15.3 Å². The fraction of sp³-hybridized carbons (Fsp3) is 0.500. The zero-order chi connectivity index (χ0) is 22.6. The lowest BCUT2D eigenvalue weighted by molar-refractivity contribution is -0.0168. The van der Waals surface area contributed by atoms with Crippen LogP contribution >= 0.6 is 0 Å². The van der Waals surface area contributed by atoms with Crippen LogP contribution in [0.2, 0.25) is 0 Å². The van der Waals surface area contributed by atoms with Crippen molar-refractivity contribution in [3.63, 3.8) is 0 Å². The number of rotatable bonds is 4. The van der Waals surface area contributed by atoms with E-state index in [1.165, 1.54) is 6.33 Å². The number of hydrogen-bond acceptors (Lipinski definition) is 7. The number of nitrogens with zero attached hydrogens (tertiary/aromatic N) is 3. The molecule has 0 amide bonds. The summed E-state index contributed by atoms with van der Waals surface area (Å²) >= 11 is 0. The average molecular weight is 439 g/mol. The lowest BCUT2D eigenvalue weighted by Gasteiger charge is -2.28. The molecule has 8 nitrogen and oxygen atoms in total.